The summed E-state index contributed by atoms with van der Waals surface area (Å²) in [6.07, 6.45) is 1.76. The molecule has 0 saturated carbocycles. The van der Waals surface area contributed by atoms with Gasteiger partial charge in [0.05, 0.1) is 0 Å². The number of benzene rings is 1. The highest BCUT2D eigenvalue weighted by atomic mass is 32.2. The molecule has 0 heterocycles. The number of nitrogens with two attached hydrogens (primary N) is 1. The molecule has 96 valence electrons. The third-order valence-corrected chi connectivity index (χ3v) is 3.69. The molecule has 0 aliphatic heterocycles. The van der Waals surface area contributed by atoms with Crippen LogP contribution < -0.4 is 5.73 Å². The maximum atomic E-state index is 13.7. The standard InChI is InChI=1S/C14H22FNS/c1-10(2)7-8-17-14-6-4-5-13(15)12(14)9-11(3)16/h4-6,10-11H,7-9,16H2,1-3H3. The summed E-state index contributed by atoms with van der Waals surface area (Å²) in [5.74, 6) is 1.59. The molecule has 0 aromatic heterocycles. The zero-order valence-corrected chi connectivity index (χ0v) is 11.7. The lowest BCUT2D eigenvalue weighted by Crippen LogP contribution is -2.19. The van der Waals surface area contributed by atoms with Gasteiger partial charge in [-0.3, -0.25) is 0 Å². The van der Waals surface area contributed by atoms with Gasteiger partial charge >= 0.3 is 0 Å². The molecule has 0 fully saturated rings. The molecule has 1 aromatic rings. The zero-order chi connectivity index (χ0) is 12.8. The maximum absolute atomic E-state index is 13.7. The predicted octanol–water partition coefficient (Wildman–Crippen LogP) is 3.85. The first-order chi connectivity index (χ1) is 8.00. The number of hydrogen-bond donors (Lipinski definition) is 1. The molecule has 17 heavy (non-hydrogen) atoms. The van der Waals surface area contributed by atoms with Gasteiger partial charge < -0.3 is 5.73 Å². The molecule has 2 N–H and O–H groups in total. The van der Waals surface area contributed by atoms with Crippen molar-refractivity contribution in [1.82, 2.24) is 0 Å². The Balaban J connectivity index is 2.72. The van der Waals surface area contributed by atoms with Crippen molar-refractivity contribution in [3.8, 4) is 0 Å². The Hall–Kier alpha value is -0.540. The van der Waals surface area contributed by atoms with Crippen molar-refractivity contribution >= 4 is 11.8 Å². The molecule has 3 heteroatoms. The van der Waals surface area contributed by atoms with E-state index in [1.54, 1.807) is 17.8 Å². The van der Waals surface area contributed by atoms with E-state index in [0.717, 1.165) is 22.6 Å². The van der Waals surface area contributed by atoms with Crippen molar-refractivity contribution in [2.24, 2.45) is 11.7 Å². The molecule has 0 bridgehead atoms. The van der Waals surface area contributed by atoms with Gasteiger partial charge in [-0.2, -0.15) is 0 Å². The molecular weight excluding hydrogens is 233 g/mol. The van der Waals surface area contributed by atoms with E-state index in [9.17, 15) is 4.39 Å². The second kappa shape index (κ2) is 7.02. The first kappa shape index (κ1) is 14.5. The first-order valence-electron chi connectivity index (χ1n) is 6.16. The Labute approximate surface area is 108 Å². The van der Waals surface area contributed by atoms with Gasteiger partial charge in [-0.1, -0.05) is 19.9 Å². The highest BCUT2D eigenvalue weighted by Crippen LogP contribution is 2.27. The summed E-state index contributed by atoms with van der Waals surface area (Å²) in [4.78, 5) is 1.04. The van der Waals surface area contributed by atoms with Crippen molar-refractivity contribution in [2.75, 3.05) is 5.75 Å². The molecule has 1 aromatic carbocycles. The number of halogens is 1. The molecule has 0 aliphatic rings. The van der Waals surface area contributed by atoms with E-state index in [0.29, 0.717) is 12.3 Å². The average molecular weight is 255 g/mol. The summed E-state index contributed by atoms with van der Waals surface area (Å²) in [6, 6.07) is 5.28. The largest absolute Gasteiger partial charge is 0.328 e. The van der Waals surface area contributed by atoms with Crippen LogP contribution in [-0.4, -0.2) is 11.8 Å². The lowest BCUT2D eigenvalue weighted by Gasteiger charge is -2.12. The van der Waals surface area contributed by atoms with E-state index in [-0.39, 0.29) is 11.9 Å². The molecule has 0 amide bonds. The number of rotatable bonds is 6. The number of hydrogen-bond acceptors (Lipinski definition) is 2. The van der Waals surface area contributed by atoms with E-state index in [4.69, 9.17) is 5.73 Å². The average Bonchev–Trinajstić information content (AvgIpc) is 2.22. The summed E-state index contributed by atoms with van der Waals surface area (Å²) in [7, 11) is 0. The van der Waals surface area contributed by atoms with Crippen LogP contribution in [0, 0.1) is 11.7 Å². The molecule has 0 aliphatic carbocycles. The monoisotopic (exact) mass is 255 g/mol. The van der Waals surface area contributed by atoms with E-state index < -0.39 is 0 Å². The van der Waals surface area contributed by atoms with Crippen LogP contribution in [-0.2, 0) is 6.42 Å². The van der Waals surface area contributed by atoms with E-state index in [1.165, 1.54) is 6.07 Å². The molecule has 0 saturated heterocycles. The van der Waals surface area contributed by atoms with Crippen molar-refractivity contribution < 1.29 is 4.39 Å². The minimum absolute atomic E-state index is 0.00338. The molecule has 0 spiro atoms. The van der Waals surface area contributed by atoms with Gasteiger partial charge in [0.25, 0.3) is 0 Å². The Morgan fingerprint density at radius 1 is 1.29 bits per heavy atom. The molecule has 1 rings (SSSR count). The lowest BCUT2D eigenvalue weighted by molar-refractivity contribution is 0.588. The highest BCUT2D eigenvalue weighted by molar-refractivity contribution is 7.99. The Bertz CT molecular complexity index is 350. The van der Waals surface area contributed by atoms with Crippen molar-refractivity contribution in [3.63, 3.8) is 0 Å². The van der Waals surface area contributed by atoms with Crippen LogP contribution in [0.5, 0.6) is 0 Å². The van der Waals surface area contributed by atoms with Gasteiger partial charge in [-0.25, -0.2) is 4.39 Å². The third kappa shape index (κ3) is 5.09. The predicted molar refractivity (Wildman–Crippen MR) is 73.9 cm³/mol. The summed E-state index contributed by atoms with van der Waals surface area (Å²) < 4.78 is 13.7. The third-order valence-electron chi connectivity index (χ3n) is 2.55. The smallest absolute Gasteiger partial charge is 0.127 e. The van der Waals surface area contributed by atoms with Crippen LogP contribution in [0.1, 0.15) is 32.8 Å². The fraction of sp³-hybridized carbons (Fsp3) is 0.571. The summed E-state index contributed by atoms with van der Waals surface area (Å²) >= 11 is 1.74. The van der Waals surface area contributed by atoms with Gasteiger partial charge in [-0.05, 0) is 43.6 Å². The normalized spacial score (nSPS) is 13.1. The minimum Gasteiger partial charge on any atom is -0.328 e. The Morgan fingerprint density at radius 3 is 2.59 bits per heavy atom. The fourth-order valence-corrected chi connectivity index (χ4v) is 2.94. The van der Waals surface area contributed by atoms with Crippen LogP contribution in [0.4, 0.5) is 4.39 Å². The first-order valence-corrected chi connectivity index (χ1v) is 7.15. The van der Waals surface area contributed by atoms with Crippen molar-refractivity contribution in [2.45, 2.75) is 44.6 Å². The summed E-state index contributed by atoms with van der Waals surface area (Å²) in [5.41, 5.74) is 6.54. The molecule has 0 radical (unpaired) electrons. The quantitative estimate of drug-likeness (QED) is 0.781. The second-order valence-electron chi connectivity index (χ2n) is 4.93. The van der Waals surface area contributed by atoms with Crippen LogP contribution >= 0.6 is 11.8 Å². The summed E-state index contributed by atoms with van der Waals surface area (Å²) in [5, 5.41) is 0. The zero-order valence-electron chi connectivity index (χ0n) is 10.9. The Morgan fingerprint density at radius 2 is 2.00 bits per heavy atom. The van der Waals surface area contributed by atoms with Crippen LogP contribution in [0.3, 0.4) is 0 Å². The van der Waals surface area contributed by atoms with Crippen molar-refractivity contribution in [1.29, 1.82) is 0 Å². The maximum Gasteiger partial charge on any atom is 0.127 e. The van der Waals surface area contributed by atoms with Gasteiger partial charge in [-0.15, -0.1) is 11.8 Å². The van der Waals surface area contributed by atoms with Crippen molar-refractivity contribution in [3.05, 3.63) is 29.6 Å². The van der Waals surface area contributed by atoms with Crippen LogP contribution in [0.2, 0.25) is 0 Å². The fourth-order valence-electron chi connectivity index (χ4n) is 1.60. The number of thioether (sulfide) groups is 1. The lowest BCUT2D eigenvalue weighted by atomic mass is 10.1. The second-order valence-corrected chi connectivity index (χ2v) is 6.07. The Kier molecular flexibility index (Phi) is 6.00. The minimum atomic E-state index is -0.128. The molecular formula is C14H22FNS. The van der Waals surface area contributed by atoms with E-state index in [2.05, 4.69) is 13.8 Å². The van der Waals surface area contributed by atoms with Gasteiger partial charge in [0, 0.05) is 16.5 Å². The van der Waals surface area contributed by atoms with E-state index in [1.807, 2.05) is 13.0 Å². The molecule has 1 unspecified atom stereocenters. The van der Waals surface area contributed by atoms with Crippen LogP contribution in [0.15, 0.2) is 23.1 Å². The SMILES string of the molecule is CC(C)CCSc1cccc(F)c1CC(C)N. The van der Waals surface area contributed by atoms with E-state index >= 15 is 0 Å². The van der Waals surface area contributed by atoms with Gasteiger partial charge in [0.2, 0.25) is 0 Å². The topological polar surface area (TPSA) is 26.0 Å². The van der Waals surface area contributed by atoms with Gasteiger partial charge in [0.15, 0.2) is 0 Å². The molecule has 1 atom stereocenters. The van der Waals surface area contributed by atoms with Crippen LogP contribution in [0.25, 0.3) is 0 Å². The highest BCUT2D eigenvalue weighted by Gasteiger charge is 2.10. The molecule has 1 nitrogen and oxygen atoms in total. The summed E-state index contributed by atoms with van der Waals surface area (Å²) in [6.45, 7) is 6.32. The van der Waals surface area contributed by atoms with Gasteiger partial charge in [0.1, 0.15) is 5.82 Å².